The van der Waals surface area contributed by atoms with Crippen molar-refractivity contribution in [2.24, 2.45) is 0 Å². The second-order valence-corrected chi connectivity index (χ2v) is 7.57. The Morgan fingerprint density at radius 2 is 1.68 bits per heavy atom. The summed E-state index contributed by atoms with van der Waals surface area (Å²) in [5.41, 5.74) is 2.52. The van der Waals surface area contributed by atoms with Crippen LogP contribution in [-0.4, -0.2) is 10.7 Å². The Morgan fingerprint density at radius 1 is 1.09 bits per heavy atom. The van der Waals surface area contributed by atoms with Crippen LogP contribution >= 0.6 is 55.1 Å². The van der Waals surface area contributed by atoms with Crippen molar-refractivity contribution < 1.29 is 4.79 Å². The fourth-order valence-electron chi connectivity index (χ4n) is 1.92. The molecule has 0 radical (unpaired) electrons. The van der Waals surface area contributed by atoms with Gasteiger partial charge in [-0.25, -0.2) is 0 Å². The summed E-state index contributed by atoms with van der Waals surface area (Å²) in [6.07, 6.45) is 0. The molecule has 116 valence electrons. The van der Waals surface area contributed by atoms with Crippen molar-refractivity contribution in [1.29, 1.82) is 0 Å². The van der Waals surface area contributed by atoms with E-state index in [0.29, 0.717) is 15.7 Å². The summed E-state index contributed by atoms with van der Waals surface area (Å²) >= 11 is 19.0. The van der Waals surface area contributed by atoms with Gasteiger partial charge in [0.2, 0.25) is 5.91 Å². The number of carbonyl (C=O) groups is 1. The number of aryl methyl sites for hydroxylation is 1. The molecule has 0 spiro atoms. The first kappa shape index (κ1) is 17.8. The Morgan fingerprint density at radius 3 is 2.32 bits per heavy atom. The lowest BCUT2D eigenvalue weighted by molar-refractivity contribution is -0.115. The molecule has 1 N–H and O–H groups in total. The van der Waals surface area contributed by atoms with E-state index in [0.717, 1.165) is 11.1 Å². The molecular formula is C16H13Br2Cl2NO. The van der Waals surface area contributed by atoms with Crippen LogP contribution in [0.5, 0.6) is 0 Å². The van der Waals surface area contributed by atoms with Gasteiger partial charge in [-0.1, -0.05) is 85.4 Å². The molecule has 0 aliphatic rings. The summed E-state index contributed by atoms with van der Waals surface area (Å²) < 4.78 is 0. The van der Waals surface area contributed by atoms with Crippen molar-refractivity contribution in [3.8, 4) is 0 Å². The first-order valence-electron chi connectivity index (χ1n) is 6.49. The number of benzene rings is 2. The van der Waals surface area contributed by atoms with Gasteiger partial charge >= 0.3 is 0 Å². The van der Waals surface area contributed by atoms with Crippen LogP contribution in [0.4, 0.5) is 5.69 Å². The van der Waals surface area contributed by atoms with E-state index < -0.39 is 4.83 Å². The van der Waals surface area contributed by atoms with Gasteiger partial charge in [0.25, 0.3) is 0 Å². The maximum absolute atomic E-state index is 12.4. The molecule has 2 aromatic rings. The van der Waals surface area contributed by atoms with Gasteiger partial charge in [0, 0.05) is 5.69 Å². The number of carbonyl (C=O) groups excluding carboxylic acids is 1. The molecule has 2 rings (SSSR count). The maximum Gasteiger partial charge on any atom is 0.239 e. The lowest BCUT2D eigenvalue weighted by Gasteiger charge is -2.18. The van der Waals surface area contributed by atoms with Crippen LogP contribution in [-0.2, 0) is 4.79 Å². The predicted molar refractivity (Wildman–Crippen MR) is 101 cm³/mol. The molecule has 0 saturated carbocycles. The number of nitrogens with one attached hydrogen (secondary N) is 1. The van der Waals surface area contributed by atoms with E-state index in [2.05, 4.69) is 37.2 Å². The number of rotatable bonds is 4. The Balaban J connectivity index is 2.13. The van der Waals surface area contributed by atoms with Crippen molar-refractivity contribution >= 4 is 66.7 Å². The molecule has 2 nitrogen and oxygen atoms in total. The Hall–Kier alpha value is -0.550. The molecule has 6 heteroatoms. The quantitative estimate of drug-likeness (QED) is 0.540. The monoisotopic (exact) mass is 463 g/mol. The Bertz CT molecular complexity index is 679. The SMILES string of the molecule is Cc1cc(Cl)c(Cl)cc1NC(=O)[C@H](Br)[C@@H](Br)c1ccccc1. The number of hydrogen-bond donors (Lipinski definition) is 1. The zero-order valence-corrected chi connectivity index (χ0v) is 16.3. The second-order valence-electron chi connectivity index (χ2n) is 4.78. The van der Waals surface area contributed by atoms with Gasteiger partial charge in [0.15, 0.2) is 0 Å². The maximum atomic E-state index is 12.4. The topological polar surface area (TPSA) is 29.1 Å². The Labute approximate surface area is 156 Å². The van der Waals surface area contributed by atoms with E-state index in [4.69, 9.17) is 23.2 Å². The average molecular weight is 466 g/mol. The van der Waals surface area contributed by atoms with Gasteiger partial charge in [-0.15, -0.1) is 0 Å². The lowest BCUT2D eigenvalue weighted by Crippen LogP contribution is -2.26. The zero-order valence-electron chi connectivity index (χ0n) is 11.6. The van der Waals surface area contributed by atoms with Crippen molar-refractivity contribution in [1.82, 2.24) is 0 Å². The third kappa shape index (κ3) is 4.25. The smallest absolute Gasteiger partial charge is 0.239 e. The lowest BCUT2D eigenvalue weighted by atomic mass is 10.1. The van der Waals surface area contributed by atoms with Gasteiger partial charge in [0.1, 0.15) is 4.83 Å². The van der Waals surface area contributed by atoms with Crippen molar-refractivity contribution in [3.63, 3.8) is 0 Å². The van der Waals surface area contributed by atoms with Crippen LogP contribution in [0.2, 0.25) is 10.0 Å². The normalized spacial score (nSPS) is 13.5. The minimum atomic E-state index is -0.427. The molecule has 2 atom stereocenters. The molecule has 0 unspecified atom stereocenters. The average Bonchev–Trinajstić information content (AvgIpc) is 2.52. The highest BCUT2D eigenvalue weighted by Gasteiger charge is 2.25. The number of alkyl halides is 2. The van der Waals surface area contributed by atoms with Gasteiger partial charge in [-0.2, -0.15) is 0 Å². The van der Waals surface area contributed by atoms with E-state index in [9.17, 15) is 4.79 Å². The molecule has 0 aromatic heterocycles. The standard InChI is InChI=1S/C16H13Br2Cl2NO/c1-9-7-11(19)12(20)8-13(9)21-16(22)15(18)14(17)10-5-3-2-4-6-10/h2-8,14-15H,1H3,(H,21,22)/t14-,15+/m0/s1. The summed E-state index contributed by atoms with van der Waals surface area (Å²) in [4.78, 5) is 11.8. The van der Waals surface area contributed by atoms with E-state index in [1.165, 1.54) is 0 Å². The highest BCUT2D eigenvalue weighted by Crippen LogP contribution is 2.33. The largest absolute Gasteiger partial charge is 0.325 e. The van der Waals surface area contributed by atoms with E-state index in [-0.39, 0.29) is 10.7 Å². The van der Waals surface area contributed by atoms with Crippen LogP contribution in [0.15, 0.2) is 42.5 Å². The summed E-state index contributed by atoms with van der Waals surface area (Å²) in [6.45, 7) is 1.86. The molecule has 0 aliphatic carbocycles. The van der Waals surface area contributed by atoms with Crippen molar-refractivity contribution in [2.75, 3.05) is 5.32 Å². The third-order valence-corrected chi connectivity index (χ3v) is 6.58. The first-order chi connectivity index (χ1) is 10.4. The third-order valence-electron chi connectivity index (χ3n) is 3.15. The number of halogens is 4. The highest BCUT2D eigenvalue weighted by atomic mass is 79.9. The van der Waals surface area contributed by atoms with Crippen LogP contribution in [0.3, 0.4) is 0 Å². The van der Waals surface area contributed by atoms with Crippen LogP contribution in [0.25, 0.3) is 0 Å². The molecular weight excluding hydrogens is 453 g/mol. The highest BCUT2D eigenvalue weighted by molar-refractivity contribution is 9.12. The van der Waals surface area contributed by atoms with Crippen LogP contribution in [0, 0.1) is 6.92 Å². The van der Waals surface area contributed by atoms with Gasteiger partial charge < -0.3 is 5.32 Å². The number of amides is 1. The van der Waals surface area contributed by atoms with E-state index in [1.807, 2.05) is 37.3 Å². The second kappa shape index (κ2) is 7.82. The van der Waals surface area contributed by atoms with Gasteiger partial charge in [-0.3, -0.25) is 4.79 Å². The number of anilines is 1. The minimum absolute atomic E-state index is 0.142. The first-order valence-corrected chi connectivity index (χ1v) is 9.08. The molecule has 0 fully saturated rings. The van der Waals surface area contributed by atoms with Crippen LogP contribution < -0.4 is 5.32 Å². The molecule has 2 aromatic carbocycles. The molecule has 0 aliphatic heterocycles. The molecule has 0 saturated heterocycles. The summed E-state index contributed by atoms with van der Waals surface area (Å²) in [6, 6.07) is 13.1. The molecule has 1 amide bonds. The molecule has 0 heterocycles. The van der Waals surface area contributed by atoms with E-state index in [1.54, 1.807) is 12.1 Å². The van der Waals surface area contributed by atoms with Gasteiger partial charge in [-0.05, 0) is 30.2 Å². The minimum Gasteiger partial charge on any atom is -0.325 e. The molecule has 0 bridgehead atoms. The van der Waals surface area contributed by atoms with Crippen LogP contribution in [0.1, 0.15) is 16.0 Å². The fraction of sp³-hybridized carbons (Fsp3) is 0.188. The fourth-order valence-corrected chi connectivity index (χ4v) is 3.27. The van der Waals surface area contributed by atoms with Gasteiger partial charge in [0.05, 0.1) is 14.9 Å². The summed E-state index contributed by atoms with van der Waals surface area (Å²) in [7, 11) is 0. The molecule has 22 heavy (non-hydrogen) atoms. The summed E-state index contributed by atoms with van der Waals surface area (Å²) in [5, 5.41) is 3.75. The van der Waals surface area contributed by atoms with Crippen molar-refractivity contribution in [3.05, 3.63) is 63.6 Å². The zero-order chi connectivity index (χ0) is 16.3. The summed E-state index contributed by atoms with van der Waals surface area (Å²) in [5.74, 6) is -0.160. The van der Waals surface area contributed by atoms with E-state index >= 15 is 0 Å². The number of hydrogen-bond acceptors (Lipinski definition) is 1. The Kier molecular flexibility index (Phi) is 6.33. The predicted octanol–water partition coefficient (Wildman–Crippen LogP) is 6.14. The van der Waals surface area contributed by atoms with Crippen molar-refractivity contribution in [2.45, 2.75) is 16.6 Å².